The highest BCUT2D eigenvalue weighted by molar-refractivity contribution is 5.69. The topological polar surface area (TPSA) is 41.6 Å². The fourth-order valence-electron chi connectivity index (χ4n) is 4.36. The van der Waals surface area contributed by atoms with Gasteiger partial charge in [-0.15, -0.1) is 0 Å². The van der Waals surface area contributed by atoms with Crippen LogP contribution < -0.4 is 5.32 Å². The number of likely N-dealkylation sites (tertiary alicyclic amines) is 1. The number of nitrogens with one attached hydrogen (secondary N) is 1. The van der Waals surface area contributed by atoms with Crippen molar-refractivity contribution in [3.05, 3.63) is 108 Å². The fourth-order valence-corrected chi connectivity index (χ4v) is 4.36. The molecule has 4 rings (SSSR count). The molecule has 0 aromatic heterocycles. The third-order valence-electron chi connectivity index (χ3n) is 6.12. The molecule has 1 aliphatic rings. The number of carbonyl (C=O) groups excluding carboxylic acids is 1. The number of nitrogens with zero attached hydrogens (tertiary/aromatic N) is 1. The molecule has 1 fully saturated rings. The highest BCUT2D eigenvalue weighted by atomic mass is 16.6. The molecule has 1 saturated heterocycles. The standard InChI is InChI=1S/C28H32N2O2/c31-28(29-27(24-14-6-2-7-15-24)25-16-8-3-9-17-25)32-26-18-21-30(22-19-26)20-10-13-23-11-4-1-5-12-23/h1-9,11-12,14-17,26-27H,10,13,18-22H2,(H,29,31). The van der Waals surface area contributed by atoms with E-state index in [1.54, 1.807) is 0 Å². The molecule has 1 aliphatic heterocycles. The Bertz CT molecular complexity index is 899. The molecule has 3 aromatic carbocycles. The minimum atomic E-state index is -0.342. The Labute approximate surface area is 191 Å². The normalized spacial score (nSPS) is 14.9. The summed E-state index contributed by atoms with van der Waals surface area (Å²) in [5.41, 5.74) is 3.49. The van der Waals surface area contributed by atoms with Gasteiger partial charge < -0.3 is 15.0 Å². The summed E-state index contributed by atoms with van der Waals surface area (Å²) < 4.78 is 5.81. The van der Waals surface area contributed by atoms with E-state index < -0.39 is 0 Å². The van der Waals surface area contributed by atoms with E-state index in [4.69, 9.17) is 4.74 Å². The second kappa shape index (κ2) is 11.5. The van der Waals surface area contributed by atoms with Gasteiger partial charge in [0.1, 0.15) is 6.10 Å². The zero-order valence-electron chi connectivity index (χ0n) is 18.5. The van der Waals surface area contributed by atoms with Crippen molar-refractivity contribution in [2.75, 3.05) is 19.6 Å². The molecule has 32 heavy (non-hydrogen) atoms. The number of ether oxygens (including phenoxy) is 1. The Morgan fingerprint density at radius 1 is 0.844 bits per heavy atom. The maximum Gasteiger partial charge on any atom is 0.408 e. The third kappa shape index (κ3) is 6.44. The highest BCUT2D eigenvalue weighted by Crippen LogP contribution is 2.22. The molecule has 0 bridgehead atoms. The fraction of sp³-hybridized carbons (Fsp3) is 0.321. The van der Waals surface area contributed by atoms with Crippen molar-refractivity contribution >= 4 is 6.09 Å². The first-order valence-electron chi connectivity index (χ1n) is 11.6. The average molecular weight is 429 g/mol. The number of carbonyl (C=O) groups is 1. The number of aryl methyl sites for hydroxylation is 1. The summed E-state index contributed by atoms with van der Waals surface area (Å²) in [6, 6.07) is 30.5. The number of piperidine rings is 1. The highest BCUT2D eigenvalue weighted by Gasteiger charge is 2.24. The van der Waals surface area contributed by atoms with E-state index in [1.807, 2.05) is 60.7 Å². The van der Waals surface area contributed by atoms with Crippen LogP contribution in [0.1, 0.15) is 42.0 Å². The van der Waals surface area contributed by atoms with Gasteiger partial charge in [0.15, 0.2) is 0 Å². The minimum Gasteiger partial charge on any atom is -0.446 e. The van der Waals surface area contributed by atoms with Gasteiger partial charge in [-0.2, -0.15) is 0 Å². The van der Waals surface area contributed by atoms with E-state index in [9.17, 15) is 4.79 Å². The number of hydrogen-bond acceptors (Lipinski definition) is 3. The lowest BCUT2D eigenvalue weighted by atomic mass is 9.99. The Kier molecular flexibility index (Phi) is 7.94. The smallest absolute Gasteiger partial charge is 0.408 e. The van der Waals surface area contributed by atoms with Crippen LogP contribution in [0.5, 0.6) is 0 Å². The van der Waals surface area contributed by atoms with Crippen LogP contribution in [0.15, 0.2) is 91.0 Å². The molecule has 0 atom stereocenters. The second-order valence-corrected chi connectivity index (χ2v) is 8.43. The maximum atomic E-state index is 12.7. The summed E-state index contributed by atoms with van der Waals surface area (Å²) in [7, 11) is 0. The summed E-state index contributed by atoms with van der Waals surface area (Å²) >= 11 is 0. The van der Waals surface area contributed by atoms with E-state index >= 15 is 0 Å². The Hall–Kier alpha value is -3.11. The van der Waals surface area contributed by atoms with Crippen molar-refractivity contribution in [3.8, 4) is 0 Å². The first-order chi connectivity index (χ1) is 15.8. The Morgan fingerprint density at radius 3 is 1.94 bits per heavy atom. The molecule has 4 nitrogen and oxygen atoms in total. The van der Waals surface area contributed by atoms with Crippen molar-refractivity contribution in [2.45, 2.75) is 37.8 Å². The summed E-state index contributed by atoms with van der Waals surface area (Å²) in [5, 5.41) is 3.09. The second-order valence-electron chi connectivity index (χ2n) is 8.43. The van der Waals surface area contributed by atoms with Gasteiger partial charge in [-0.3, -0.25) is 0 Å². The van der Waals surface area contributed by atoms with E-state index in [2.05, 4.69) is 40.5 Å². The zero-order valence-corrected chi connectivity index (χ0v) is 18.5. The molecular weight excluding hydrogens is 396 g/mol. The molecule has 4 heteroatoms. The van der Waals surface area contributed by atoms with Gasteiger partial charge in [-0.1, -0.05) is 91.0 Å². The lowest BCUT2D eigenvalue weighted by Gasteiger charge is -2.32. The van der Waals surface area contributed by atoms with Gasteiger partial charge in [0.2, 0.25) is 0 Å². The molecule has 0 aliphatic carbocycles. The molecule has 0 saturated carbocycles. The van der Waals surface area contributed by atoms with Crippen molar-refractivity contribution < 1.29 is 9.53 Å². The van der Waals surface area contributed by atoms with Crippen LogP contribution in [0.4, 0.5) is 4.79 Å². The van der Waals surface area contributed by atoms with Crippen LogP contribution in [-0.4, -0.2) is 36.7 Å². The number of hydrogen-bond donors (Lipinski definition) is 1. The van der Waals surface area contributed by atoms with E-state index in [-0.39, 0.29) is 18.2 Å². The van der Waals surface area contributed by atoms with Crippen molar-refractivity contribution in [3.63, 3.8) is 0 Å². The molecular formula is C28H32N2O2. The molecule has 0 unspecified atom stereocenters. The monoisotopic (exact) mass is 428 g/mol. The number of benzene rings is 3. The summed E-state index contributed by atoms with van der Waals surface area (Å²) in [6.45, 7) is 3.05. The number of amides is 1. The largest absolute Gasteiger partial charge is 0.446 e. The number of rotatable bonds is 8. The van der Waals surface area contributed by atoms with E-state index in [1.165, 1.54) is 5.56 Å². The molecule has 1 N–H and O–H groups in total. The van der Waals surface area contributed by atoms with Crippen molar-refractivity contribution in [1.29, 1.82) is 0 Å². The van der Waals surface area contributed by atoms with Gasteiger partial charge in [-0.25, -0.2) is 4.79 Å². The molecule has 3 aromatic rings. The predicted octanol–water partition coefficient (Wildman–Crippen LogP) is 5.60. The van der Waals surface area contributed by atoms with E-state index in [0.717, 1.165) is 56.4 Å². The number of alkyl carbamates (subject to hydrolysis) is 1. The van der Waals surface area contributed by atoms with Crippen LogP contribution in [0.2, 0.25) is 0 Å². The van der Waals surface area contributed by atoms with Crippen LogP contribution in [0.25, 0.3) is 0 Å². The molecule has 0 spiro atoms. The lowest BCUT2D eigenvalue weighted by molar-refractivity contribution is 0.0494. The molecule has 1 heterocycles. The first-order valence-corrected chi connectivity index (χ1v) is 11.6. The Morgan fingerprint density at radius 2 is 1.38 bits per heavy atom. The van der Waals surface area contributed by atoms with Crippen LogP contribution in [0.3, 0.4) is 0 Å². The van der Waals surface area contributed by atoms with Gasteiger partial charge in [0.05, 0.1) is 6.04 Å². The molecule has 166 valence electrons. The minimum absolute atomic E-state index is 0.0208. The summed E-state index contributed by atoms with van der Waals surface area (Å²) in [6.07, 6.45) is 3.68. The van der Waals surface area contributed by atoms with Crippen LogP contribution in [-0.2, 0) is 11.2 Å². The van der Waals surface area contributed by atoms with Crippen LogP contribution in [0, 0.1) is 0 Å². The lowest BCUT2D eigenvalue weighted by Crippen LogP contribution is -2.40. The quantitative estimate of drug-likeness (QED) is 0.508. The third-order valence-corrected chi connectivity index (χ3v) is 6.12. The Balaban J connectivity index is 1.24. The SMILES string of the molecule is O=C(NC(c1ccccc1)c1ccccc1)OC1CCN(CCCc2ccccc2)CC1. The van der Waals surface area contributed by atoms with E-state index in [0.29, 0.717) is 0 Å². The first kappa shape index (κ1) is 22.1. The van der Waals surface area contributed by atoms with Gasteiger partial charge in [0.25, 0.3) is 0 Å². The van der Waals surface area contributed by atoms with Crippen molar-refractivity contribution in [2.24, 2.45) is 0 Å². The summed E-state index contributed by atoms with van der Waals surface area (Å²) in [5.74, 6) is 0. The van der Waals surface area contributed by atoms with Crippen molar-refractivity contribution in [1.82, 2.24) is 10.2 Å². The maximum absolute atomic E-state index is 12.7. The zero-order chi connectivity index (χ0) is 22.0. The molecule has 0 radical (unpaired) electrons. The van der Waals surface area contributed by atoms with Crippen LogP contribution >= 0.6 is 0 Å². The van der Waals surface area contributed by atoms with Gasteiger partial charge in [0, 0.05) is 13.1 Å². The average Bonchev–Trinajstić information content (AvgIpc) is 2.85. The molecule has 1 amide bonds. The van der Waals surface area contributed by atoms with Gasteiger partial charge in [-0.05, 0) is 48.9 Å². The predicted molar refractivity (Wildman–Crippen MR) is 129 cm³/mol. The summed E-state index contributed by atoms with van der Waals surface area (Å²) in [4.78, 5) is 15.2. The van der Waals surface area contributed by atoms with Gasteiger partial charge >= 0.3 is 6.09 Å².